The van der Waals surface area contributed by atoms with Crippen molar-refractivity contribution < 1.29 is 32.9 Å². The highest BCUT2D eigenvalue weighted by Crippen LogP contribution is 2.38. The first-order valence-corrected chi connectivity index (χ1v) is 28.0. The number of nitrogens with zero attached hydrogens (tertiary/aromatic N) is 1. The molecule has 364 valence electrons. The molecule has 0 aliphatic carbocycles. The van der Waals surface area contributed by atoms with E-state index in [4.69, 9.17) is 9.05 Å². The number of aliphatic hydroxyl groups excluding tert-OH is 1. The van der Waals surface area contributed by atoms with E-state index in [0.717, 1.165) is 38.5 Å². The van der Waals surface area contributed by atoms with Crippen molar-refractivity contribution in [1.82, 2.24) is 5.32 Å². The fourth-order valence-electron chi connectivity index (χ4n) is 8.04. The van der Waals surface area contributed by atoms with Gasteiger partial charge in [-0.05, 0) is 19.3 Å². The van der Waals surface area contributed by atoms with Crippen molar-refractivity contribution in [2.75, 3.05) is 40.9 Å². The summed E-state index contributed by atoms with van der Waals surface area (Å²) < 4.78 is 23.3. The van der Waals surface area contributed by atoms with Crippen LogP contribution in [0.5, 0.6) is 0 Å². The van der Waals surface area contributed by atoms with Gasteiger partial charge in [0.05, 0.1) is 39.9 Å². The first kappa shape index (κ1) is 60.2. The summed E-state index contributed by atoms with van der Waals surface area (Å²) in [6, 6.07) is -0.880. The van der Waals surface area contributed by atoms with Crippen LogP contribution in [0.15, 0.2) is 12.2 Å². The smallest absolute Gasteiger partial charge is 0.268 e. The van der Waals surface area contributed by atoms with Crippen molar-refractivity contribution >= 4 is 13.7 Å². The number of rotatable bonds is 49. The second-order valence-corrected chi connectivity index (χ2v) is 21.0. The second-order valence-electron chi connectivity index (χ2n) is 19.6. The molecule has 0 aliphatic rings. The van der Waals surface area contributed by atoms with Crippen LogP contribution in [0, 0.1) is 0 Å². The molecule has 3 atom stereocenters. The van der Waals surface area contributed by atoms with Crippen LogP contribution in [0.1, 0.15) is 264 Å². The second kappa shape index (κ2) is 44.4. The predicted octanol–water partition coefficient (Wildman–Crippen LogP) is 14.8. The third kappa shape index (κ3) is 47.0. The Morgan fingerprint density at radius 1 is 0.557 bits per heavy atom. The lowest BCUT2D eigenvalue weighted by Crippen LogP contribution is -2.45. The summed E-state index contributed by atoms with van der Waals surface area (Å²) in [6.45, 7) is 4.67. The van der Waals surface area contributed by atoms with Crippen LogP contribution >= 0.6 is 7.82 Å². The van der Waals surface area contributed by atoms with Crippen molar-refractivity contribution in [1.29, 1.82) is 0 Å². The molecule has 0 fully saturated rings. The average Bonchev–Trinajstić information content (AvgIpc) is 3.21. The van der Waals surface area contributed by atoms with E-state index in [1.54, 1.807) is 6.08 Å². The van der Waals surface area contributed by atoms with Gasteiger partial charge in [0, 0.05) is 6.42 Å². The molecule has 0 aromatic heterocycles. The van der Waals surface area contributed by atoms with Crippen LogP contribution in [0.2, 0.25) is 0 Å². The minimum atomic E-state index is -4.58. The van der Waals surface area contributed by atoms with Crippen molar-refractivity contribution in [2.45, 2.75) is 276 Å². The van der Waals surface area contributed by atoms with E-state index >= 15 is 0 Å². The summed E-state index contributed by atoms with van der Waals surface area (Å²) in [5.41, 5.74) is 0. The van der Waals surface area contributed by atoms with Gasteiger partial charge >= 0.3 is 0 Å². The lowest BCUT2D eigenvalue weighted by Gasteiger charge is -2.29. The Kier molecular flexibility index (Phi) is 43.9. The predicted molar refractivity (Wildman–Crippen MR) is 261 cm³/mol. The van der Waals surface area contributed by atoms with Crippen LogP contribution in [0.3, 0.4) is 0 Å². The lowest BCUT2D eigenvalue weighted by atomic mass is 10.0. The quantitative estimate of drug-likeness (QED) is 0.0273. The monoisotopic (exact) mass is 885 g/mol. The number of aliphatic hydroxyl groups is 1. The van der Waals surface area contributed by atoms with E-state index in [0.29, 0.717) is 17.4 Å². The normalized spacial score (nSPS) is 14.1. The summed E-state index contributed by atoms with van der Waals surface area (Å²) >= 11 is 0. The number of phosphoric ester groups is 1. The van der Waals surface area contributed by atoms with Gasteiger partial charge < -0.3 is 28.8 Å². The van der Waals surface area contributed by atoms with Gasteiger partial charge in [0.1, 0.15) is 13.2 Å². The maximum atomic E-state index is 12.9. The molecule has 0 saturated heterocycles. The Hall–Kier alpha value is -0.760. The number of quaternary nitrogens is 1. The largest absolute Gasteiger partial charge is 0.756 e. The summed E-state index contributed by atoms with van der Waals surface area (Å²) in [7, 11) is 1.27. The van der Waals surface area contributed by atoms with E-state index in [-0.39, 0.29) is 19.1 Å². The maximum absolute atomic E-state index is 12.9. The molecule has 3 unspecified atom stereocenters. The zero-order valence-corrected chi connectivity index (χ0v) is 42.3. The Balaban J connectivity index is 4.13. The third-order valence-corrected chi connectivity index (χ3v) is 13.2. The molecule has 0 spiro atoms. The minimum Gasteiger partial charge on any atom is -0.756 e. The number of carbonyl (C=O) groups is 1. The number of nitrogens with one attached hydrogen (secondary N) is 1. The number of hydrogen-bond donors (Lipinski definition) is 2. The zero-order chi connectivity index (χ0) is 45.0. The summed E-state index contributed by atoms with van der Waals surface area (Å²) in [5, 5.41) is 13.8. The van der Waals surface area contributed by atoms with E-state index in [1.165, 1.54) is 205 Å². The topological polar surface area (TPSA) is 108 Å². The summed E-state index contributed by atoms with van der Waals surface area (Å²) in [6.07, 6.45) is 52.8. The molecular weight excluding hydrogens is 780 g/mol. The maximum Gasteiger partial charge on any atom is 0.268 e. The van der Waals surface area contributed by atoms with Gasteiger partial charge in [0.25, 0.3) is 7.82 Å². The Labute approximate surface area is 380 Å². The molecule has 9 heteroatoms. The Morgan fingerprint density at radius 2 is 0.885 bits per heavy atom. The molecule has 2 N–H and O–H groups in total. The van der Waals surface area contributed by atoms with Crippen molar-refractivity contribution in [3.63, 3.8) is 0 Å². The number of allylic oxidation sites excluding steroid dienone is 1. The number of unbranched alkanes of at least 4 members (excludes halogenated alkanes) is 36. The lowest BCUT2D eigenvalue weighted by molar-refractivity contribution is -0.870. The van der Waals surface area contributed by atoms with Gasteiger partial charge in [-0.25, -0.2) is 0 Å². The van der Waals surface area contributed by atoms with Gasteiger partial charge in [-0.1, -0.05) is 251 Å². The van der Waals surface area contributed by atoms with Crippen LogP contribution in [0.4, 0.5) is 0 Å². The van der Waals surface area contributed by atoms with Crippen molar-refractivity contribution in [3.05, 3.63) is 12.2 Å². The Morgan fingerprint density at radius 3 is 1.23 bits per heavy atom. The average molecular weight is 885 g/mol. The molecule has 61 heavy (non-hydrogen) atoms. The highest BCUT2D eigenvalue weighted by molar-refractivity contribution is 7.45. The van der Waals surface area contributed by atoms with Gasteiger partial charge in [-0.3, -0.25) is 9.36 Å². The van der Waals surface area contributed by atoms with Crippen molar-refractivity contribution in [2.24, 2.45) is 0 Å². The van der Waals surface area contributed by atoms with E-state index in [9.17, 15) is 19.4 Å². The fourth-order valence-corrected chi connectivity index (χ4v) is 8.76. The van der Waals surface area contributed by atoms with Crippen LogP contribution in [0.25, 0.3) is 0 Å². The molecule has 0 saturated carbocycles. The van der Waals surface area contributed by atoms with Crippen LogP contribution in [-0.4, -0.2) is 68.5 Å². The molecule has 0 rings (SSSR count). The number of likely N-dealkylation sites (N-methyl/N-ethyl adjacent to an activating group) is 1. The molecule has 0 aromatic carbocycles. The minimum absolute atomic E-state index is 0.00231. The Bertz CT molecular complexity index is 1000. The summed E-state index contributed by atoms with van der Waals surface area (Å²) in [5.74, 6) is -0.194. The third-order valence-electron chi connectivity index (χ3n) is 12.2. The molecule has 0 aromatic rings. The van der Waals surface area contributed by atoms with Gasteiger partial charge in [0.15, 0.2) is 0 Å². The van der Waals surface area contributed by atoms with E-state index < -0.39 is 20.0 Å². The standard InChI is InChI=1S/C52H105N2O6P/c1-6-8-10-12-14-16-18-20-21-22-23-24-25-26-27-28-29-30-31-32-33-34-35-37-39-41-43-45-51(55)50(49-60-61(57,58)59-48-47-54(3,4)5)53-52(56)46-44-42-40-38-36-19-17-15-13-11-9-7-2/h43,45,50-51,55H,6-42,44,46-49H2,1-5H3,(H-,53,56,57,58)/b45-43+. The zero-order valence-electron chi connectivity index (χ0n) is 41.4. The van der Waals surface area contributed by atoms with E-state index in [2.05, 4.69) is 19.2 Å². The number of phosphoric acid groups is 1. The van der Waals surface area contributed by atoms with Gasteiger partial charge in [0.2, 0.25) is 5.91 Å². The summed E-state index contributed by atoms with van der Waals surface area (Å²) in [4.78, 5) is 25.3. The number of hydrogen-bond acceptors (Lipinski definition) is 6. The molecule has 1 amide bonds. The first-order valence-electron chi connectivity index (χ1n) is 26.6. The SMILES string of the molecule is CCCCCCCCCCCCCCCCCCCCCCCCCCC/C=C/C(O)C(COP(=O)([O-])OCC[N+](C)(C)C)NC(=O)CCCCCCCCCCCCCC. The first-order chi connectivity index (χ1) is 29.5. The highest BCUT2D eigenvalue weighted by atomic mass is 31.2. The van der Waals surface area contributed by atoms with Crippen LogP contribution < -0.4 is 10.2 Å². The van der Waals surface area contributed by atoms with Gasteiger partial charge in [-0.2, -0.15) is 0 Å². The number of amides is 1. The molecule has 0 heterocycles. The molecular formula is C52H105N2O6P. The molecule has 0 radical (unpaired) electrons. The molecule has 0 aliphatic heterocycles. The number of carbonyl (C=O) groups excluding carboxylic acids is 1. The van der Waals surface area contributed by atoms with Crippen molar-refractivity contribution in [3.8, 4) is 0 Å². The molecule has 8 nitrogen and oxygen atoms in total. The highest BCUT2D eigenvalue weighted by Gasteiger charge is 2.23. The van der Waals surface area contributed by atoms with Gasteiger partial charge in [-0.15, -0.1) is 0 Å². The fraction of sp³-hybridized carbons (Fsp3) is 0.942. The van der Waals surface area contributed by atoms with Crippen LogP contribution in [-0.2, 0) is 18.4 Å². The molecule has 0 bridgehead atoms. The van der Waals surface area contributed by atoms with E-state index in [1.807, 2.05) is 27.2 Å².